The Morgan fingerprint density at radius 3 is 2.63 bits per heavy atom. The summed E-state index contributed by atoms with van der Waals surface area (Å²) in [6.45, 7) is 2.85. The van der Waals surface area contributed by atoms with Crippen molar-refractivity contribution in [1.29, 1.82) is 0 Å². The maximum absolute atomic E-state index is 12.1. The van der Waals surface area contributed by atoms with E-state index in [2.05, 4.69) is 23.7 Å². The summed E-state index contributed by atoms with van der Waals surface area (Å²) < 4.78 is 0. The third-order valence-electron chi connectivity index (χ3n) is 2.97. The molecule has 2 aromatic rings. The number of carbonyl (C=O) groups is 1. The highest BCUT2D eigenvalue weighted by molar-refractivity contribution is 7.10. The molecular formula is C15H18N2OS. The van der Waals surface area contributed by atoms with Crippen molar-refractivity contribution in [3.63, 3.8) is 0 Å². The molecule has 0 saturated carbocycles. The zero-order valence-corrected chi connectivity index (χ0v) is 12.3. The number of nitrogens with one attached hydrogen (secondary N) is 1. The summed E-state index contributed by atoms with van der Waals surface area (Å²) in [5, 5.41) is 5.44. The van der Waals surface area contributed by atoms with Crippen LogP contribution in [0.3, 0.4) is 0 Å². The van der Waals surface area contributed by atoms with Gasteiger partial charge in [-0.05, 0) is 36.1 Å². The number of hydrogen-bond acceptors (Lipinski definition) is 3. The number of amides is 1. The molecule has 1 N–H and O–H groups in total. The second-order valence-electron chi connectivity index (χ2n) is 4.63. The molecule has 3 nitrogen and oxygen atoms in total. The van der Waals surface area contributed by atoms with E-state index < -0.39 is 0 Å². The Morgan fingerprint density at radius 2 is 2.00 bits per heavy atom. The Morgan fingerprint density at radius 1 is 1.26 bits per heavy atom. The van der Waals surface area contributed by atoms with Gasteiger partial charge in [-0.2, -0.15) is 0 Å². The van der Waals surface area contributed by atoms with E-state index in [0.717, 1.165) is 12.2 Å². The second-order valence-corrected chi connectivity index (χ2v) is 5.63. The molecule has 1 amide bonds. The summed E-state index contributed by atoms with van der Waals surface area (Å²) in [6.07, 6.45) is 0. The Balaban J connectivity index is 2.17. The van der Waals surface area contributed by atoms with Gasteiger partial charge in [0.25, 0.3) is 5.91 Å². The molecule has 4 heteroatoms. The number of anilines is 1. The van der Waals surface area contributed by atoms with Gasteiger partial charge in [-0.3, -0.25) is 4.79 Å². The molecule has 0 atom stereocenters. The molecule has 2 rings (SSSR count). The number of hydrogen-bond donors (Lipinski definition) is 1. The van der Waals surface area contributed by atoms with Crippen LogP contribution in [-0.4, -0.2) is 24.9 Å². The van der Waals surface area contributed by atoms with Crippen molar-refractivity contribution < 1.29 is 4.79 Å². The lowest BCUT2D eigenvalue weighted by Gasteiger charge is -2.15. The lowest BCUT2D eigenvalue weighted by Crippen LogP contribution is -2.22. The monoisotopic (exact) mass is 274 g/mol. The molecule has 100 valence electrons. The van der Waals surface area contributed by atoms with Gasteiger partial charge in [-0.1, -0.05) is 12.1 Å². The van der Waals surface area contributed by atoms with Crippen LogP contribution in [-0.2, 0) is 6.54 Å². The summed E-state index contributed by atoms with van der Waals surface area (Å²) in [5.41, 5.74) is 2.88. The highest BCUT2D eigenvalue weighted by atomic mass is 32.1. The largest absolute Gasteiger partial charge is 0.379 e. The van der Waals surface area contributed by atoms with Crippen molar-refractivity contribution in [2.24, 2.45) is 0 Å². The van der Waals surface area contributed by atoms with Crippen LogP contribution in [0.1, 0.15) is 20.8 Å². The van der Waals surface area contributed by atoms with Gasteiger partial charge < -0.3 is 10.2 Å². The number of benzene rings is 1. The Bertz CT molecular complexity index is 575. The smallest absolute Gasteiger partial charge is 0.255 e. The fourth-order valence-electron chi connectivity index (χ4n) is 1.83. The van der Waals surface area contributed by atoms with Crippen LogP contribution in [0.4, 0.5) is 5.69 Å². The molecule has 0 aliphatic rings. The summed E-state index contributed by atoms with van der Waals surface area (Å²) in [5.74, 6) is 0.0194. The van der Waals surface area contributed by atoms with Gasteiger partial charge in [0, 0.05) is 31.2 Å². The lowest BCUT2D eigenvalue weighted by molar-refractivity contribution is 0.0828. The number of thiophene rings is 1. The summed E-state index contributed by atoms with van der Waals surface area (Å²) >= 11 is 1.73. The van der Waals surface area contributed by atoms with Crippen LogP contribution in [0.15, 0.2) is 35.7 Å². The van der Waals surface area contributed by atoms with Crippen LogP contribution >= 0.6 is 11.3 Å². The standard InChI is InChI=1S/C15H18N2OS/c1-11-8-9-19-14(11)10-16-13-7-5-4-6-12(13)15(18)17(2)3/h4-9,16H,10H2,1-3H3. The van der Waals surface area contributed by atoms with E-state index >= 15 is 0 Å². The number of rotatable bonds is 4. The first-order valence-electron chi connectivity index (χ1n) is 6.17. The molecular weight excluding hydrogens is 256 g/mol. The van der Waals surface area contributed by atoms with Gasteiger partial charge in [0.1, 0.15) is 0 Å². The zero-order chi connectivity index (χ0) is 13.8. The summed E-state index contributed by atoms with van der Waals surface area (Å²) in [4.78, 5) is 15.0. The number of para-hydroxylation sites is 1. The van der Waals surface area contributed by atoms with Crippen LogP contribution in [0, 0.1) is 6.92 Å². The Kier molecular flexibility index (Phi) is 4.22. The maximum atomic E-state index is 12.1. The quantitative estimate of drug-likeness (QED) is 0.927. The van der Waals surface area contributed by atoms with E-state index in [1.54, 1.807) is 30.3 Å². The van der Waals surface area contributed by atoms with Crippen molar-refractivity contribution in [2.45, 2.75) is 13.5 Å². The molecule has 0 radical (unpaired) electrons. The van der Waals surface area contributed by atoms with Crippen molar-refractivity contribution in [1.82, 2.24) is 4.90 Å². The zero-order valence-electron chi connectivity index (χ0n) is 11.4. The van der Waals surface area contributed by atoms with Crippen LogP contribution < -0.4 is 5.32 Å². The third kappa shape index (κ3) is 3.15. The molecule has 1 aromatic carbocycles. The van der Waals surface area contributed by atoms with Gasteiger partial charge in [-0.25, -0.2) is 0 Å². The van der Waals surface area contributed by atoms with Crippen molar-refractivity contribution in [3.05, 3.63) is 51.7 Å². The molecule has 0 unspecified atom stereocenters. The molecule has 0 aliphatic heterocycles. The van der Waals surface area contributed by atoms with Crippen LogP contribution in [0.5, 0.6) is 0 Å². The SMILES string of the molecule is Cc1ccsc1CNc1ccccc1C(=O)N(C)C. The minimum absolute atomic E-state index is 0.0194. The molecule has 0 spiro atoms. The number of carbonyl (C=O) groups excluding carboxylic acids is 1. The molecule has 0 aliphatic carbocycles. The lowest BCUT2D eigenvalue weighted by atomic mass is 10.1. The first-order chi connectivity index (χ1) is 9.09. The van der Waals surface area contributed by atoms with Crippen molar-refractivity contribution in [2.75, 3.05) is 19.4 Å². The second kappa shape index (κ2) is 5.89. The Hall–Kier alpha value is -1.81. The average molecular weight is 274 g/mol. The van der Waals surface area contributed by atoms with Gasteiger partial charge in [0.05, 0.1) is 5.56 Å². The van der Waals surface area contributed by atoms with E-state index in [0.29, 0.717) is 5.56 Å². The number of nitrogens with zero attached hydrogens (tertiary/aromatic N) is 1. The highest BCUT2D eigenvalue weighted by Gasteiger charge is 2.12. The normalized spacial score (nSPS) is 10.3. The summed E-state index contributed by atoms with van der Waals surface area (Å²) in [6, 6.07) is 9.73. The predicted octanol–water partition coefficient (Wildman–Crippen LogP) is 3.37. The number of aryl methyl sites for hydroxylation is 1. The van der Waals surface area contributed by atoms with Gasteiger partial charge in [0.15, 0.2) is 0 Å². The van der Waals surface area contributed by atoms with Gasteiger partial charge in [0.2, 0.25) is 0 Å². The Labute approximate surface area is 117 Å². The van der Waals surface area contributed by atoms with Crippen LogP contribution in [0.2, 0.25) is 0 Å². The maximum Gasteiger partial charge on any atom is 0.255 e. The van der Waals surface area contributed by atoms with Gasteiger partial charge >= 0.3 is 0 Å². The molecule has 1 aromatic heterocycles. The molecule has 0 fully saturated rings. The minimum atomic E-state index is 0.0194. The molecule has 0 saturated heterocycles. The minimum Gasteiger partial charge on any atom is -0.379 e. The fourth-order valence-corrected chi connectivity index (χ4v) is 2.67. The van der Waals surface area contributed by atoms with Crippen LogP contribution in [0.25, 0.3) is 0 Å². The molecule has 1 heterocycles. The van der Waals surface area contributed by atoms with E-state index in [9.17, 15) is 4.79 Å². The van der Waals surface area contributed by atoms with E-state index in [-0.39, 0.29) is 5.91 Å². The highest BCUT2D eigenvalue weighted by Crippen LogP contribution is 2.20. The third-order valence-corrected chi connectivity index (χ3v) is 3.99. The van der Waals surface area contributed by atoms with Crippen molar-refractivity contribution >= 4 is 22.9 Å². The predicted molar refractivity (Wildman–Crippen MR) is 80.8 cm³/mol. The van der Waals surface area contributed by atoms with E-state index in [1.165, 1.54) is 10.4 Å². The first kappa shape index (κ1) is 13.6. The summed E-state index contributed by atoms with van der Waals surface area (Å²) in [7, 11) is 3.53. The molecule has 19 heavy (non-hydrogen) atoms. The average Bonchev–Trinajstić information content (AvgIpc) is 2.81. The first-order valence-corrected chi connectivity index (χ1v) is 7.05. The van der Waals surface area contributed by atoms with Crippen molar-refractivity contribution in [3.8, 4) is 0 Å². The van der Waals surface area contributed by atoms with E-state index in [1.807, 2.05) is 24.3 Å². The topological polar surface area (TPSA) is 32.3 Å². The fraction of sp³-hybridized carbons (Fsp3) is 0.267. The molecule has 0 bridgehead atoms. The van der Waals surface area contributed by atoms with E-state index in [4.69, 9.17) is 0 Å². The van der Waals surface area contributed by atoms with Gasteiger partial charge in [-0.15, -0.1) is 11.3 Å².